The zero-order chi connectivity index (χ0) is 12.7. The summed E-state index contributed by atoms with van der Waals surface area (Å²) in [5.41, 5.74) is 0.132. The lowest BCUT2D eigenvalue weighted by Crippen LogP contribution is -2.28. The van der Waals surface area contributed by atoms with Gasteiger partial charge in [0, 0.05) is 6.54 Å². The van der Waals surface area contributed by atoms with Crippen LogP contribution in [0.3, 0.4) is 0 Å². The van der Waals surface area contributed by atoms with Crippen molar-refractivity contribution >= 4 is 23.5 Å². The second-order valence-electron chi connectivity index (χ2n) is 2.94. The van der Waals surface area contributed by atoms with Gasteiger partial charge in [0.25, 0.3) is 5.91 Å². The van der Waals surface area contributed by atoms with Crippen molar-refractivity contribution in [2.75, 3.05) is 19.8 Å². The zero-order valence-electron chi connectivity index (χ0n) is 8.72. The Kier molecular flexibility index (Phi) is 5.31. The largest absolute Gasteiger partial charge is 0.480 e. The fourth-order valence-electron chi connectivity index (χ4n) is 0.924. The molecule has 1 heterocycles. The molecule has 7 nitrogen and oxygen atoms in total. The molecule has 0 aliphatic carbocycles. The average Bonchev–Trinajstić information content (AvgIpc) is 2.29. The summed E-state index contributed by atoms with van der Waals surface area (Å²) < 4.78 is 4.73. The van der Waals surface area contributed by atoms with Crippen LogP contribution in [0.2, 0.25) is 5.15 Å². The molecule has 0 fully saturated rings. The fourth-order valence-corrected chi connectivity index (χ4v) is 1.02. The summed E-state index contributed by atoms with van der Waals surface area (Å²) in [6.07, 6.45) is 0. The van der Waals surface area contributed by atoms with Crippen LogP contribution < -0.4 is 5.32 Å². The standard InChI is InChI=1S/C9H10ClN3O4/c10-7-2-1-6(12-13-7)9(16)11-3-4-17-5-8(14)15/h1-2H,3-5H2,(H,11,16)(H,14,15). The number of ether oxygens (including phenoxy) is 1. The lowest BCUT2D eigenvalue weighted by atomic mass is 10.4. The first-order valence-electron chi connectivity index (χ1n) is 4.66. The molecule has 0 radical (unpaired) electrons. The van der Waals surface area contributed by atoms with Gasteiger partial charge >= 0.3 is 5.97 Å². The molecule has 8 heteroatoms. The minimum Gasteiger partial charge on any atom is -0.480 e. The summed E-state index contributed by atoms with van der Waals surface area (Å²) in [5.74, 6) is -1.48. The highest BCUT2D eigenvalue weighted by Gasteiger charge is 2.06. The number of rotatable bonds is 6. The molecule has 0 spiro atoms. The first-order valence-corrected chi connectivity index (χ1v) is 5.04. The van der Waals surface area contributed by atoms with Gasteiger partial charge in [-0.2, -0.15) is 0 Å². The zero-order valence-corrected chi connectivity index (χ0v) is 9.48. The maximum absolute atomic E-state index is 11.4. The Morgan fingerprint density at radius 2 is 2.18 bits per heavy atom. The molecule has 0 saturated carbocycles. The molecule has 0 unspecified atom stereocenters. The number of carboxylic acid groups (broad SMARTS) is 1. The molecule has 0 atom stereocenters. The van der Waals surface area contributed by atoms with Crippen LogP contribution >= 0.6 is 11.6 Å². The Balaban J connectivity index is 2.25. The molecule has 1 aromatic heterocycles. The van der Waals surface area contributed by atoms with Gasteiger partial charge in [0.05, 0.1) is 6.61 Å². The number of halogens is 1. The number of nitrogens with zero attached hydrogens (tertiary/aromatic N) is 2. The van der Waals surface area contributed by atoms with E-state index in [1.54, 1.807) is 0 Å². The number of carbonyl (C=O) groups excluding carboxylic acids is 1. The molecule has 2 N–H and O–H groups in total. The van der Waals surface area contributed by atoms with Crippen LogP contribution in [0.15, 0.2) is 12.1 Å². The summed E-state index contributed by atoms with van der Waals surface area (Å²) in [5, 5.41) is 18.1. The predicted molar refractivity (Wildman–Crippen MR) is 57.8 cm³/mol. The number of nitrogens with one attached hydrogen (secondary N) is 1. The Bertz CT molecular complexity index is 396. The monoisotopic (exact) mass is 259 g/mol. The van der Waals surface area contributed by atoms with E-state index in [1.807, 2.05) is 0 Å². The molecule has 1 amide bonds. The lowest BCUT2D eigenvalue weighted by molar-refractivity contribution is -0.142. The second kappa shape index (κ2) is 6.77. The summed E-state index contributed by atoms with van der Waals surface area (Å²) in [6, 6.07) is 2.88. The summed E-state index contributed by atoms with van der Waals surface area (Å²) in [7, 11) is 0. The van der Waals surface area contributed by atoms with E-state index in [0.717, 1.165) is 0 Å². The molecule has 0 aromatic carbocycles. The highest BCUT2D eigenvalue weighted by atomic mass is 35.5. The van der Waals surface area contributed by atoms with Crippen LogP contribution in [0.4, 0.5) is 0 Å². The van der Waals surface area contributed by atoms with Crippen molar-refractivity contribution in [3.8, 4) is 0 Å². The molecule has 92 valence electrons. The van der Waals surface area contributed by atoms with Gasteiger partial charge in [-0.25, -0.2) is 4.79 Å². The van der Waals surface area contributed by atoms with Gasteiger partial charge in [-0.1, -0.05) is 11.6 Å². The number of amides is 1. The van der Waals surface area contributed by atoms with Crippen LogP contribution in [0.1, 0.15) is 10.5 Å². The molecular formula is C9H10ClN3O4. The van der Waals surface area contributed by atoms with Crippen LogP contribution in [-0.2, 0) is 9.53 Å². The maximum Gasteiger partial charge on any atom is 0.329 e. The van der Waals surface area contributed by atoms with Crippen molar-refractivity contribution < 1.29 is 19.4 Å². The fraction of sp³-hybridized carbons (Fsp3) is 0.333. The number of hydrogen-bond acceptors (Lipinski definition) is 5. The molecule has 1 rings (SSSR count). The molecule has 0 saturated heterocycles. The second-order valence-corrected chi connectivity index (χ2v) is 3.33. The Labute approximate surface area is 102 Å². The number of aliphatic carboxylic acids is 1. The SMILES string of the molecule is O=C(O)COCCNC(=O)c1ccc(Cl)nn1. The predicted octanol–water partition coefficient (Wildman–Crippen LogP) is -0.0390. The van der Waals surface area contributed by atoms with Gasteiger partial charge in [-0.15, -0.1) is 10.2 Å². The van der Waals surface area contributed by atoms with Crippen LogP contribution in [-0.4, -0.2) is 46.9 Å². The Morgan fingerprint density at radius 3 is 2.76 bits per heavy atom. The minimum atomic E-state index is -1.06. The van der Waals surface area contributed by atoms with Gasteiger partial charge in [-0.3, -0.25) is 4.79 Å². The maximum atomic E-state index is 11.4. The molecule has 17 heavy (non-hydrogen) atoms. The van der Waals surface area contributed by atoms with E-state index in [2.05, 4.69) is 15.5 Å². The van der Waals surface area contributed by atoms with Gasteiger partial charge in [0.1, 0.15) is 6.61 Å². The molecule has 1 aromatic rings. The topological polar surface area (TPSA) is 101 Å². The Morgan fingerprint density at radius 1 is 1.41 bits per heavy atom. The van der Waals surface area contributed by atoms with Crippen molar-refractivity contribution in [2.45, 2.75) is 0 Å². The van der Waals surface area contributed by atoms with Crippen molar-refractivity contribution in [3.63, 3.8) is 0 Å². The van der Waals surface area contributed by atoms with Gasteiger partial charge < -0.3 is 15.2 Å². The lowest BCUT2D eigenvalue weighted by Gasteiger charge is -2.04. The van der Waals surface area contributed by atoms with Crippen molar-refractivity contribution in [3.05, 3.63) is 23.0 Å². The van der Waals surface area contributed by atoms with Gasteiger partial charge in [0.2, 0.25) is 0 Å². The van der Waals surface area contributed by atoms with Crippen molar-refractivity contribution in [1.29, 1.82) is 0 Å². The van der Waals surface area contributed by atoms with E-state index < -0.39 is 18.5 Å². The number of aromatic nitrogens is 2. The highest BCUT2D eigenvalue weighted by molar-refractivity contribution is 6.29. The van der Waals surface area contributed by atoms with E-state index in [0.29, 0.717) is 0 Å². The summed E-state index contributed by atoms with van der Waals surface area (Å²) in [4.78, 5) is 21.5. The highest BCUT2D eigenvalue weighted by Crippen LogP contribution is 2.01. The van der Waals surface area contributed by atoms with Crippen molar-refractivity contribution in [1.82, 2.24) is 15.5 Å². The van der Waals surface area contributed by atoms with Crippen molar-refractivity contribution in [2.24, 2.45) is 0 Å². The molecule has 0 bridgehead atoms. The minimum absolute atomic E-state index is 0.110. The number of carboxylic acids is 1. The first-order chi connectivity index (χ1) is 8.09. The van der Waals surface area contributed by atoms with E-state index in [-0.39, 0.29) is 24.0 Å². The number of hydrogen-bond donors (Lipinski definition) is 2. The molecule has 0 aliphatic rings. The molecule has 0 aliphatic heterocycles. The van der Waals surface area contributed by atoms with Crippen LogP contribution in [0.25, 0.3) is 0 Å². The quantitative estimate of drug-likeness (QED) is 0.695. The summed E-state index contributed by atoms with van der Waals surface area (Å²) >= 11 is 5.51. The van der Waals surface area contributed by atoms with E-state index in [9.17, 15) is 9.59 Å². The Hall–Kier alpha value is -1.73. The van der Waals surface area contributed by atoms with E-state index in [4.69, 9.17) is 21.4 Å². The van der Waals surface area contributed by atoms with Crippen LogP contribution in [0.5, 0.6) is 0 Å². The third-order valence-corrected chi connectivity index (χ3v) is 1.82. The van der Waals surface area contributed by atoms with Gasteiger partial charge in [-0.05, 0) is 12.1 Å². The smallest absolute Gasteiger partial charge is 0.329 e. The summed E-state index contributed by atoms with van der Waals surface area (Å²) in [6.45, 7) is -0.0912. The number of carbonyl (C=O) groups is 2. The average molecular weight is 260 g/mol. The van der Waals surface area contributed by atoms with E-state index in [1.165, 1.54) is 12.1 Å². The van der Waals surface area contributed by atoms with E-state index >= 15 is 0 Å². The third kappa shape index (κ3) is 5.23. The van der Waals surface area contributed by atoms with Gasteiger partial charge in [0.15, 0.2) is 10.8 Å². The van der Waals surface area contributed by atoms with Crippen LogP contribution in [0, 0.1) is 0 Å². The normalized spacial score (nSPS) is 9.94. The molecular weight excluding hydrogens is 250 g/mol. The first kappa shape index (κ1) is 13.3. The third-order valence-electron chi connectivity index (χ3n) is 1.62.